The highest BCUT2D eigenvalue weighted by atomic mass is 16.5. The van der Waals surface area contributed by atoms with Gasteiger partial charge in [0.15, 0.2) is 0 Å². The van der Waals surface area contributed by atoms with Gasteiger partial charge in [0.2, 0.25) is 11.7 Å². The van der Waals surface area contributed by atoms with Crippen LogP contribution in [0.25, 0.3) is 0 Å². The SMILES string of the molecule is CC1(c2noc([C@H]3Cc4ccccc4CN3)n2)CCCO1. The molecule has 3 heterocycles. The van der Waals surface area contributed by atoms with Crippen LogP contribution in [0.5, 0.6) is 0 Å². The van der Waals surface area contributed by atoms with E-state index in [1.807, 2.05) is 6.92 Å². The zero-order chi connectivity index (χ0) is 14.3. The van der Waals surface area contributed by atoms with E-state index >= 15 is 0 Å². The van der Waals surface area contributed by atoms with E-state index in [1.54, 1.807) is 0 Å². The van der Waals surface area contributed by atoms with Gasteiger partial charge in [-0.25, -0.2) is 0 Å². The van der Waals surface area contributed by atoms with Crippen molar-refractivity contribution in [1.29, 1.82) is 0 Å². The lowest BCUT2D eigenvalue weighted by atomic mass is 9.96. The zero-order valence-corrected chi connectivity index (χ0v) is 12.1. The van der Waals surface area contributed by atoms with Gasteiger partial charge >= 0.3 is 0 Å². The van der Waals surface area contributed by atoms with Crippen LogP contribution < -0.4 is 5.32 Å². The number of rotatable bonds is 2. The minimum atomic E-state index is -0.381. The lowest BCUT2D eigenvalue weighted by Gasteiger charge is -2.23. The van der Waals surface area contributed by atoms with Gasteiger partial charge < -0.3 is 14.6 Å². The summed E-state index contributed by atoms with van der Waals surface area (Å²) < 4.78 is 11.3. The van der Waals surface area contributed by atoms with Crippen molar-refractivity contribution in [3.63, 3.8) is 0 Å². The van der Waals surface area contributed by atoms with Gasteiger partial charge in [0, 0.05) is 13.2 Å². The number of nitrogens with zero attached hydrogens (tertiary/aromatic N) is 2. The highest BCUT2D eigenvalue weighted by Crippen LogP contribution is 2.34. The predicted molar refractivity (Wildman–Crippen MR) is 76.6 cm³/mol. The van der Waals surface area contributed by atoms with Crippen LogP contribution in [0, 0.1) is 0 Å². The number of aromatic nitrogens is 2. The molecule has 2 aliphatic rings. The van der Waals surface area contributed by atoms with Crippen LogP contribution in [-0.2, 0) is 23.3 Å². The van der Waals surface area contributed by atoms with E-state index < -0.39 is 0 Å². The van der Waals surface area contributed by atoms with Crippen molar-refractivity contribution in [2.45, 2.75) is 44.4 Å². The maximum atomic E-state index is 5.78. The molecular formula is C16H19N3O2. The highest BCUT2D eigenvalue weighted by molar-refractivity contribution is 5.30. The fourth-order valence-corrected chi connectivity index (χ4v) is 3.18. The summed E-state index contributed by atoms with van der Waals surface area (Å²) in [6.07, 6.45) is 2.89. The molecule has 5 nitrogen and oxygen atoms in total. The van der Waals surface area contributed by atoms with E-state index in [2.05, 4.69) is 39.7 Å². The molecule has 0 amide bonds. The predicted octanol–water partition coefficient (Wildman–Crippen LogP) is 2.48. The number of hydrogen-bond acceptors (Lipinski definition) is 5. The van der Waals surface area contributed by atoms with Gasteiger partial charge in [-0.15, -0.1) is 0 Å². The Morgan fingerprint density at radius 3 is 2.95 bits per heavy atom. The molecule has 0 saturated carbocycles. The standard InChI is InChI=1S/C16H19N3O2/c1-16(7-4-8-20-16)15-18-14(21-19-15)13-9-11-5-2-3-6-12(11)10-17-13/h2-3,5-6,13,17H,4,7-10H2,1H3/t13-,16?/m1/s1. The largest absolute Gasteiger partial charge is 0.367 e. The number of fused-ring (bicyclic) bond motifs is 1. The van der Waals surface area contributed by atoms with Crippen LogP contribution in [0.15, 0.2) is 28.8 Å². The number of hydrogen-bond donors (Lipinski definition) is 1. The van der Waals surface area contributed by atoms with E-state index in [0.29, 0.717) is 11.7 Å². The molecule has 110 valence electrons. The van der Waals surface area contributed by atoms with Gasteiger partial charge in [-0.3, -0.25) is 0 Å². The molecule has 4 rings (SSSR count). The maximum Gasteiger partial charge on any atom is 0.244 e. The van der Waals surface area contributed by atoms with E-state index in [-0.39, 0.29) is 11.6 Å². The third-order valence-corrected chi connectivity index (χ3v) is 4.51. The first-order chi connectivity index (χ1) is 10.2. The molecule has 1 aromatic carbocycles. The van der Waals surface area contributed by atoms with E-state index in [9.17, 15) is 0 Å². The molecule has 1 N–H and O–H groups in total. The Morgan fingerprint density at radius 1 is 1.29 bits per heavy atom. The molecule has 2 aliphatic heterocycles. The first-order valence-corrected chi connectivity index (χ1v) is 7.53. The van der Waals surface area contributed by atoms with E-state index in [4.69, 9.17) is 9.26 Å². The minimum Gasteiger partial charge on any atom is -0.367 e. The maximum absolute atomic E-state index is 5.78. The summed E-state index contributed by atoms with van der Waals surface area (Å²) in [4.78, 5) is 4.60. The van der Waals surface area contributed by atoms with Crippen molar-refractivity contribution in [2.24, 2.45) is 0 Å². The van der Waals surface area contributed by atoms with E-state index in [0.717, 1.165) is 32.4 Å². The summed E-state index contributed by atoms with van der Waals surface area (Å²) in [7, 11) is 0. The van der Waals surface area contributed by atoms with Crippen molar-refractivity contribution < 1.29 is 9.26 Å². The summed E-state index contributed by atoms with van der Waals surface area (Å²) in [5.74, 6) is 1.34. The van der Waals surface area contributed by atoms with Crippen molar-refractivity contribution in [2.75, 3.05) is 6.61 Å². The number of benzene rings is 1. The monoisotopic (exact) mass is 285 g/mol. The van der Waals surface area contributed by atoms with Crippen LogP contribution in [0.3, 0.4) is 0 Å². The fourth-order valence-electron chi connectivity index (χ4n) is 3.18. The average Bonchev–Trinajstić information content (AvgIpc) is 3.17. The molecule has 21 heavy (non-hydrogen) atoms. The Labute approximate surface area is 123 Å². The highest BCUT2D eigenvalue weighted by Gasteiger charge is 2.37. The second-order valence-electron chi connectivity index (χ2n) is 6.05. The zero-order valence-electron chi connectivity index (χ0n) is 12.1. The Hall–Kier alpha value is -1.72. The van der Waals surface area contributed by atoms with Crippen LogP contribution in [0.1, 0.15) is 48.6 Å². The van der Waals surface area contributed by atoms with Gasteiger partial charge in [-0.2, -0.15) is 4.98 Å². The fraction of sp³-hybridized carbons (Fsp3) is 0.500. The third-order valence-electron chi connectivity index (χ3n) is 4.51. The lowest BCUT2D eigenvalue weighted by molar-refractivity contribution is 0.00768. The van der Waals surface area contributed by atoms with Crippen LogP contribution in [-0.4, -0.2) is 16.7 Å². The smallest absolute Gasteiger partial charge is 0.244 e. The summed E-state index contributed by atoms with van der Waals surface area (Å²) in [5.41, 5.74) is 2.32. The minimum absolute atomic E-state index is 0.0890. The molecule has 5 heteroatoms. The summed E-state index contributed by atoms with van der Waals surface area (Å²) in [5, 5.41) is 7.62. The molecule has 1 aromatic heterocycles. The van der Waals surface area contributed by atoms with Crippen LogP contribution in [0.4, 0.5) is 0 Å². The molecule has 1 unspecified atom stereocenters. The number of nitrogens with one attached hydrogen (secondary N) is 1. The number of ether oxygens (including phenoxy) is 1. The molecule has 2 atom stereocenters. The van der Waals surface area contributed by atoms with Crippen molar-refractivity contribution in [3.05, 3.63) is 47.1 Å². The molecule has 2 aromatic rings. The van der Waals surface area contributed by atoms with E-state index in [1.165, 1.54) is 11.1 Å². The van der Waals surface area contributed by atoms with Gasteiger partial charge in [-0.05, 0) is 37.3 Å². The quantitative estimate of drug-likeness (QED) is 0.918. The molecule has 0 radical (unpaired) electrons. The first kappa shape index (κ1) is 13.0. The van der Waals surface area contributed by atoms with Gasteiger partial charge in [0.1, 0.15) is 5.60 Å². The summed E-state index contributed by atoms with van der Waals surface area (Å²) in [6.45, 7) is 3.65. The molecule has 1 fully saturated rings. The van der Waals surface area contributed by atoms with Gasteiger partial charge in [0.25, 0.3) is 0 Å². The first-order valence-electron chi connectivity index (χ1n) is 7.53. The second-order valence-corrected chi connectivity index (χ2v) is 6.05. The van der Waals surface area contributed by atoms with Crippen LogP contribution >= 0.6 is 0 Å². The van der Waals surface area contributed by atoms with Gasteiger partial charge in [-0.1, -0.05) is 29.4 Å². The Balaban J connectivity index is 1.57. The molecule has 0 aliphatic carbocycles. The van der Waals surface area contributed by atoms with Crippen molar-refractivity contribution in [3.8, 4) is 0 Å². The Bertz CT molecular complexity index is 646. The van der Waals surface area contributed by atoms with Crippen molar-refractivity contribution >= 4 is 0 Å². The summed E-state index contributed by atoms with van der Waals surface area (Å²) >= 11 is 0. The molecular weight excluding hydrogens is 266 g/mol. The third kappa shape index (κ3) is 2.26. The second kappa shape index (κ2) is 4.93. The van der Waals surface area contributed by atoms with Gasteiger partial charge in [0.05, 0.1) is 6.04 Å². The topological polar surface area (TPSA) is 60.2 Å². The molecule has 0 bridgehead atoms. The Morgan fingerprint density at radius 2 is 2.14 bits per heavy atom. The molecule has 1 saturated heterocycles. The summed E-state index contributed by atoms with van der Waals surface area (Å²) in [6, 6.07) is 8.57. The molecule has 0 spiro atoms. The Kier molecular flexibility index (Phi) is 3.05. The van der Waals surface area contributed by atoms with Crippen molar-refractivity contribution in [1.82, 2.24) is 15.5 Å². The average molecular weight is 285 g/mol. The normalized spacial score (nSPS) is 28.5. The lowest BCUT2D eigenvalue weighted by Crippen LogP contribution is -2.29. The van der Waals surface area contributed by atoms with Crippen LogP contribution in [0.2, 0.25) is 0 Å².